The van der Waals surface area contributed by atoms with E-state index in [2.05, 4.69) is 32.5 Å². The number of aromatic amines is 1. The predicted molar refractivity (Wildman–Crippen MR) is 106 cm³/mol. The third-order valence-electron chi connectivity index (χ3n) is 4.76. The van der Waals surface area contributed by atoms with Crippen molar-refractivity contribution in [3.63, 3.8) is 0 Å². The number of pyridine rings is 1. The average Bonchev–Trinajstić information content (AvgIpc) is 3.34. The molecule has 1 aromatic carbocycles. The molecule has 8 heteroatoms. The largest absolute Gasteiger partial charge is 0.328 e. The molecule has 0 saturated carbocycles. The number of hydrogen-bond acceptors (Lipinski definition) is 5. The van der Waals surface area contributed by atoms with Crippen molar-refractivity contribution in [2.24, 2.45) is 7.05 Å². The van der Waals surface area contributed by atoms with Gasteiger partial charge < -0.3 is 4.57 Å². The van der Waals surface area contributed by atoms with E-state index in [0.29, 0.717) is 12.4 Å². The maximum absolute atomic E-state index is 12.4. The molecule has 0 saturated heterocycles. The topological polar surface area (TPSA) is 94.3 Å². The molecule has 0 aliphatic heterocycles. The Balaban J connectivity index is 1.64. The van der Waals surface area contributed by atoms with Crippen molar-refractivity contribution >= 4 is 0 Å². The maximum Gasteiger partial charge on any atom is 0.328 e. The number of H-pyrrole nitrogens is 1. The fourth-order valence-corrected chi connectivity index (χ4v) is 3.37. The molecule has 0 amide bonds. The molecule has 4 rings (SSSR count). The molecule has 1 N–H and O–H groups in total. The van der Waals surface area contributed by atoms with Crippen LogP contribution in [0.1, 0.15) is 24.6 Å². The summed E-state index contributed by atoms with van der Waals surface area (Å²) < 4.78 is 3.49. The fourth-order valence-electron chi connectivity index (χ4n) is 3.37. The minimum absolute atomic E-state index is 0.0155. The highest BCUT2D eigenvalue weighted by molar-refractivity contribution is 5.79. The first-order chi connectivity index (χ1) is 13.7. The molecule has 4 aromatic rings. The Kier molecular flexibility index (Phi) is 4.84. The van der Waals surface area contributed by atoms with Gasteiger partial charge in [-0.1, -0.05) is 37.6 Å². The van der Waals surface area contributed by atoms with Crippen LogP contribution < -0.4 is 5.69 Å². The molecule has 142 valence electrons. The smallest absolute Gasteiger partial charge is 0.302 e. The van der Waals surface area contributed by atoms with Gasteiger partial charge in [0, 0.05) is 36.9 Å². The minimum Gasteiger partial charge on any atom is -0.302 e. The van der Waals surface area contributed by atoms with E-state index in [1.165, 1.54) is 0 Å². The Bertz CT molecular complexity index is 1120. The molecule has 0 aliphatic rings. The summed E-state index contributed by atoms with van der Waals surface area (Å²) in [5.74, 6) is 0.576. The molecule has 0 radical (unpaired) electrons. The van der Waals surface area contributed by atoms with Crippen molar-refractivity contribution in [1.82, 2.24) is 34.7 Å². The third-order valence-corrected chi connectivity index (χ3v) is 4.76. The van der Waals surface area contributed by atoms with Crippen LogP contribution in [0.4, 0.5) is 0 Å². The van der Waals surface area contributed by atoms with Gasteiger partial charge in [0.1, 0.15) is 0 Å². The summed E-state index contributed by atoms with van der Waals surface area (Å²) in [4.78, 5) is 16.6. The van der Waals surface area contributed by atoms with E-state index in [0.717, 1.165) is 40.8 Å². The highest BCUT2D eigenvalue weighted by Crippen LogP contribution is 2.29. The van der Waals surface area contributed by atoms with E-state index in [1.54, 1.807) is 24.0 Å². The first-order valence-electron chi connectivity index (χ1n) is 9.20. The molecule has 0 bridgehead atoms. The van der Waals surface area contributed by atoms with Crippen LogP contribution in [0, 0.1) is 0 Å². The summed E-state index contributed by atoms with van der Waals surface area (Å²) >= 11 is 0. The second-order valence-corrected chi connectivity index (χ2v) is 6.72. The lowest BCUT2D eigenvalue weighted by atomic mass is 10.00. The van der Waals surface area contributed by atoms with E-state index in [4.69, 9.17) is 0 Å². The number of hydrogen-bond donors (Lipinski definition) is 1. The van der Waals surface area contributed by atoms with Gasteiger partial charge in [0.05, 0.1) is 6.54 Å². The van der Waals surface area contributed by atoms with Gasteiger partial charge >= 0.3 is 5.69 Å². The van der Waals surface area contributed by atoms with Crippen molar-refractivity contribution < 1.29 is 0 Å². The Morgan fingerprint density at radius 2 is 1.93 bits per heavy atom. The van der Waals surface area contributed by atoms with Crippen LogP contribution in [-0.4, -0.2) is 34.7 Å². The number of nitrogens with zero attached hydrogens (tertiary/aromatic N) is 6. The molecular weight excluding hydrogens is 354 g/mol. The minimum atomic E-state index is 0.0155. The lowest BCUT2D eigenvalue weighted by molar-refractivity contribution is 0.681. The Labute approximate surface area is 161 Å². The lowest BCUT2D eigenvalue weighted by Gasteiger charge is -2.09. The van der Waals surface area contributed by atoms with Gasteiger partial charge in [-0.2, -0.15) is 0 Å². The molecule has 8 nitrogen and oxygen atoms in total. The molecule has 0 aliphatic carbocycles. The van der Waals surface area contributed by atoms with Gasteiger partial charge in [-0.25, -0.2) is 9.89 Å². The van der Waals surface area contributed by atoms with Gasteiger partial charge in [0.25, 0.3) is 0 Å². The number of imidazole rings is 1. The Morgan fingerprint density at radius 3 is 2.64 bits per heavy atom. The quantitative estimate of drug-likeness (QED) is 0.558. The van der Waals surface area contributed by atoms with Crippen molar-refractivity contribution in [1.29, 1.82) is 0 Å². The molecule has 0 fully saturated rings. The second kappa shape index (κ2) is 7.59. The van der Waals surface area contributed by atoms with Gasteiger partial charge in [-0.05, 0) is 39.6 Å². The van der Waals surface area contributed by atoms with Crippen LogP contribution in [-0.2, 0) is 20.0 Å². The van der Waals surface area contributed by atoms with Crippen LogP contribution in [0.25, 0.3) is 22.5 Å². The summed E-state index contributed by atoms with van der Waals surface area (Å²) in [7, 11) is 1.80. The number of nitrogens with one attached hydrogen (secondary N) is 1. The summed E-state index contributed by atoms with van der Waals surface area (Å²) in [5.41, 5.74) is 5.02. The van der Waals surface area contributed by atoms with Crippen LogP contribution >= 0.6 is 0 Å². The van der Waals surface area contributed by atoms with Gasteiger partial charge in [0.2, 0.25) is 0 Å². The second-order valence-electron chi connectivity index (χ2n) is 6.72. The fraction of sp³-hybridized carbons (Fsp3) is 0.250. The number of tetrazole rings is 1. The van der Waals surface area contributed by atoms with Gasteiger partial charge in [-0.15, -0.1) is 5.10 Å². The molecule has 0 unspecified atom stereocenters. The zero-order chi connectivity index (χ0) is 19.5. The molecule has 3 heterocycles. The van der Waals surface area contributed by atoms with Crippen molar-refractivity contribution in [2.75, 3.05) is 0 Å². The predicted octanol–water partition coefficient (Wildman–Crippen LogP) is 2.43. The highest BCUT2D eigenvalue weighted by atomic mass is 16.1. The average molecular weight is 375 g/mol. The van der Waals surface area contributed by atoms with Crippen molar-refractivity contribution in [2.45, 2.75) is 26.3 Å². The SMILES string of the molecule is CCCc1cn(C)c(=O)n1Cc1ccc(-c2ccncc2-c2nnn[nH]2)cc1. The highest BCUT2D eigenvalue weighted by Gasteiger charge is 2.12. The molecule has 0 atom stereocenters. The number of aryl methyl sites for hydroxylation is 2. The van der Waals surface area contributed by atoms with Crippen LogP contribution in [0.5, 0.6) is 0 Å². The summed E-state index contributed by atoms with van der Waals surface area (Å²) in [6.07, 6.45) is 7.31. The molecule has 28 heavy (non-hydrogen) atoms. The molecule has 3 aromatic heterocycles. The zero-order valence-electron chi connectivity index (χ0n) is 15.8. The van der Waals surface area contributed by atoms with Crippen LogP contribution in [0.15, 0.2) is 53.7 Å². The van der Waals surface area contributed by atoms with E-state index in [1.807, 2.05) is 41.1 Å². The van der Waals surface area contributed by atoms with E-state index >= 15 is 0 Å². The van der Waals surface area contributed by atoms with Gasteiger partial charge in [0.15, 0.2) is 5.82 Å². The number of benzene rings is 1. The molecule has 0 spiro atoms. The monoisotopic (exact) mass is 375 g/mol. The lowest BCUT2D eigenvalue weighted by Crippen LogP contribution is -2.23. The van der Waals surface area contributed by atoms with E-state index in [-0.39, 0.29) is 5.69 Å². The third kappa shape index (κ3) is 3.36. The zero-order valence-corrected chi connectivity index (χ0v) is 15.8. The Hall–Kier alpha value is -3.55. The van der Waals surface area contributed by atoms with Crippen molar-refractivity contribution in [3.05, 3.63) is 70.7 Å². The normalized spacial score (nSPS) is 11.1. The summed E-state index contributed by atoms with van der Waals surface area (Å²) in [6, 6.07) is 10.1. The first-order valence-corrected chi connectivity index (χ1v) is 9.20. The molecular formula is C20H21N7O. The van der Waals surface area contributed by atoms with Crippen molar-refractivity contribution in [3.8, 4) is 22.5 Å². The summed E-state index contributed by atoms with van der Waals surface area (Å²) in [6.45, 7) is 2.68. The standard InChI is InChI=1S/C20H21N7O/c1-3-4-16-13-26(2)20(28)27(16)12-14-5-7-15(8-6-14)17-9-10-21-11-18(17)19-22-24-25-23-19/h5-11,13H,3-4,12H2,1-2H3,(H,22,23,24,25). The van der Waals surface area contributed by atoms with Crippen LogP contribution in [0.2, 0.25) is 0 Å². The summed E-state index contributed by atoms with van der Waals surface area (Å²) in [5, 5.41) is 14.1. The van der Waals surface area contributed by atoms with E-state index < -0.39 is 0 Å². The number of rotatable bonds is 6. The first kappa shape index (κ1) is 17.8. The maximum atomic E-state index is 12.4. The number of aromatic nitrogens is 7. The van der Waals surface area contributed by atoms with E-state index in [9.17, 15) is 4.79 Å². The van der Waals surface area contributed by atoms with Gasteiger partial charge in [-0.3, -0.25) is 9.55 Å². The van der Waals surface area contributed by atoms with Crippen LogP contribution in [0.3, 0.4) is 0 Å². The Morgan fingerprint density at radius 1 is 1.11 bits per heavy atom.